The van der Waals surface area contributed by atoms with Crippen molar-refractivity contribution in [1.82, 2.24) is 9.97 Å². The number of H-pyrrole nitrogens is 1. The second-order valence-corrected chi connectivity index (χ2v) is 4.16. The highest BCUT2D eigenvalue weighted by atomic mass is 16.4. The van der Waals surface area contributed by atoms with Gasteiger partial charge in [-0.3, -0.25) is 4.99 Å². The predicted octanol–water partition coefficient (Wildman–Crippen LogP) is 0.936. The normalized spacial score (nSPS) is 12.6. The number of hydrogen-bond donors (Lipinski definition) is 4. The molecule has 1 aromatic heterocycles. The Balaban J connectivity index is 2.15. The van der Waals surface area contributed by atoms with Gasteiger partial charge in [0.15, 0.2) is 6.04 Å². The molecule has 0 fully saturated rings. The van der Waals surface area contributed by atoms with Gasteiger partial charge in [0.25, 0.3) is 0 Å². The number of aliphatic carboxylic acids is 1. The van der Waals surface area contributed by atoms with Gasteiger partial charge in [-0.15, -0.1) is 0 Å². The van der Waals surface area contributed by atoms with Gasteiger partial charge in [-0.2, -0.15) is 0 Å². The van der Waals surface area contributed by atoms with E-state index in [9.17, 15) is 9.90 Å². The number of phenols is 2. The molecule has 0 amide bonds. The van der Waals surface area contributed by atoms with Crippen molar-refractivity contribution in [3.8, 4) is 11.5 Å². The molecular weight excluding hydrogens is 262 g/mol. The summed E-state index contributed by atoms with van der Waals surface area (Å²) in [6.45, 7) is 0. The van der Waals surface area contributed by atoms with Crippen LogP contribution in [0.1, 0.15) is 11.3 Å². The Kier molecular flexibility index (Phi) is 3.99. The monoisotopic (exact) mass is 275 g/mol. The minimum absolute atomic E-state index is 0.0769. The highest BCUT2D eigenvalue weighted by molar-refractivity contribution is 5.86. The molecule has 4 N–H and O–H groups in total. The van der Waals surface area contributed by atoms with Gasteiger partial charge in [0.2, 0.25) is 0 Å². The summed E-state index contributed by atoms with van der Waals surface area (Å²) in [7, 11) is 0. The highest BCUT2D eigenvalue weighted by Crippen LogP contribution is 2.21. The summed E-state index contributed by atoms with van der Waals surface area (Å²) in [4.78, 5) is 21.7. The number of benzene rings is 1. The van der Waals surface area contributed by atoms with E-state index in [1.54, 1.807) is 0 Å². The molecule has 104 valence electrons. The molecule has 2 aromatic rings. The predicted molar refractivity (Wildman–Crippen MR) is 71.1 cm³/mol. The van der Waals surface area contributed by atoms with E-state index in [2.05, 4.69) is 15.0 Å². The number of aromatic amines is 1. The standard InChI is InChI=1S/C13H13N3O4/c17-10-2-1-8(12(18)4-10)5-15-11(13(19)20)3-9-6-14-7-16-9/h1-2,4-7,11,17-18H,3H2,(H,14,16)(H,19,20)/t11-/m0/s1. The third-order valence-corrected chi connectivity index (χ3v) is 2.66. The van der Waals surface area contributed by atoms with E-state index in [4.69, 9.17) is 10.2 Å². The quantitative estimate of drug-likeness (QED) is 0.605. The zero-order valence-corrected chi connectivity index (χ0v) is 10.4. The van der Waals surface area contributed by atoms with Crippen molar-refractivity contribution in [2.75, 3.05) is 0 Å². The van der Waals surface area contributed by atoms with Crippen LogP contribution in [-0.2, 0) is 11.2 Å². The van der Waals surface area contributed by atoms with Crippen molar-refractivity contribution in [1.29, 1.82) is 0 Å². The molecule has 1 atom stereocenters. The Morgan fingerprint density at radius 3 is 2.85 bits per heavy atom. The smallest absolute Gasteiger partial charge is 0.328 e. The first-order valence-corrected chi connectivity index (χ1v) is 5.81. The summed E-state index contributed by atoms with van der Waals surface area (Å²) in [6.07, 6.45) is 4.43. The van der Waals surface area contributed by atoms with E-state index >= 15 is 0 Å². The number of nitrogens with zero attached hydrogens (tertiary/aromatic N) is 2. The van der Waals surface area contributed by atoms with Crippen LogP contribution in [0.4, 0.5) is 0 Å². The van der Waals surface area contributed by atoms with E-state index in [-0.39, 0.29) is 17.9 Å². The molecule has 0 saturated carbocycles. The van der Waals surface area contributed by atoms with E-state index in [0.717, 1.165) is 6.07 Å². The van der Waals surface area contributed by atoms with Crippen molar-refractivity contribution in [3.63, 3.8) is 0 Å². The molecule has 0 spiro atoms. The van der Waals surface area contributed by atoms with Crippen LogP contribution in [0.15, 0.2) is 35.7 Å². The van der Waals surface area contributed by atoms with Crippen LogP contribution in [0, 0.1) is 0 Å². The van der Waals surface area contributed by atoms with Gasteiger partial charge in [-0.1, -0.05) is 0 Å². The third-order valence-electron chi connectivity index (χ3n) is 2.66. The highest BCUT2D eigenvalue weighted by Gasteiger charge is 2.16. The molecule has 0 bridgehead atoms. The first kappa shape index (κ1) is 13.6. The van der Waals surface area contributed by atoms with Crippen molar-refractivity contribution in [3.05, 3.63) is 42.0 Å². The average Bonchev–Trinajstić information content (AvgIpc) is 2.88. The molecule has 0 aliphatic carbocycles. The maximum atomic E-state index is 11.1. The summed E-state index contributed by atoms with van der Waals surface area (Å²) in [5.41, 5.74) is 0.989. The maximum Gasteiger partial charge on any atom is 0.328 e. The first-order valence-electron chi connectivity index (χ1n) is 5.81. The van der Waals surface area contributed by atoms with E-state index in [1.807, 2.05) is 0 Å². The SMILES string of the molecule is O=C(O)[C@H](Cc1cnc[nH]1)N=Cc1ccc(O)cc1O. The molecule has 0 saturated heterocycles. The summed E-state index contributed by atoms with van der Waals surface area (Å²) in [5.74, 6) is -1.32. The van der Waals surface area contributed by atoms with Crippen molar-refractivity contribution in [2.45, 2.75) is 12.5 Å². The lowest BCUT2D eigenvalue weighted by Crippen LogP contribution is -2.21. The van der Waals surface area contributed by atoms with Crippen molar-refractivity contribution < 1.29 is 20.1 Å². The van der Waals surface area contributed by atoms with Gasteiger partial charge < -0.3 is 20.3 Å². The van der Waals surface area contributed by atoms with E-state index < -0.39 is 12.0 Å². The van der Waals surface area contributed by atoms with Crippen LogP contribution in [0.25, 0.3) is 0 Å². The number of rotatable bonds is 5. The number of hydrogen-bond acceptors (Lipinski definition) is 5. The number of carbonyl (C=O) groups is 1. The van der Waals surface area contributed by atoms with Crippen LogP contribution < -0.4 is 0 Å². The number of aromatic nitrogens is 2. The van der Waals surface area contributed by atoms with Crippen LogP contribution in [0.2, 0.25) is 0 Å². The summed E-state index contributed by atoms with van der Waals surface area (Å²) >= 11 is 0. The van der Waals surface area contributed by atoms with Crippen LogP contribution in [-0.4, -0.2) is 43.5 Å². The number of aromatic hydroxyl groups is 2. The number of phenolic OH excluding ortho intramolecular Hbond substituents is 2. The number of nitrogens with one attached hydrogen (secondary N) is 1. The fourth-order valence-electron chi connectivity index (χ4n) is 1.62. The molecule has 1 aromatic carbocycles. The molecule has 7 nitrogen and oxygen atoms in total. The Morgan fingerprint density at radius 2 is 2.25 bits per heavy atom. The second-order valence-electron chi connectivity index (χ2n) is 4.16. The fourth-order valence-corrected chi connectivity index (χ4v) is 1.62. The van der Waals surface area contributed by atoms with Gasteiger partial charge in [0.05, 0.1) is 6.33 Å². The number of carboxylic acids is 1. The summed E-state index contributed by atoms with van der Waals surface area (Å²) in [5, 5.41) is 27.9. The minimum Gasteiger partial charge on any atom is -0.508 e. The Morgan fingerprint density at radius 1 is 1.45 bits per heavy atom. The lowest BCUT2D eigenvalue weighted by Gasteiger charge is -2.06. The molecule has 7 heteroatoms. The average molecular weight is 275 g/mol. The van der Waals surface area contributed by atoms with Gasteiger partial charge >= 0.3 is 5.97 Å². The Bertz CT molecular complexity index is 623. The lowest BCUT2D eigenvalue weighted by molar-refractivity contribution is -0.138. The maximum absolute atomic E-state index is 11.1. The summed E-state index contributed by atoms with van der Waals surface area (Å²) < 4.78 is 0. The molecule has 0 unspecified atom stereocenters. The van der Waals surface area contributed by atoms with E-state index in [1.165, 1.54) is 30.9 Å². The third kappa shape index (κ3) is 3.35. The Hall–Kier alpha value is -2.83. The number of carboxylic acid groups (broad SMARTS) is 1. The van der Waals surface area contributed by atoms with Gasteiger partial charge in [-0.05, 0) is 12.1 Å². The van der Waals surface area contributed by atoms with E-state index in [0.29, 0.717) is 11.3 Å². The molecule has 0 aliphatic rings. The number of aliphatic imine (C=N–C) groups is 1. The first-order chi connectivity index (χ1) is 9.56. The Labute approximate surface area is 114 Å². The summed E-state index contributed by atoms with van der Waals surface area (Å²) in [6, 6.07) is 3.00. The molecular formula is C13H13N3O4. The van der Waals surface area contributed by atoms with Gasteiger partial charge in [0, 0.05) is 36.2 Å². The number of imidazole rings is 1. The van der Waals surface area contributed by atoms with Crippen molar-refractivity contribution >= 4 is 12.2 Å². The topological polar surface area (TPSA) is 119 Å². The molecule has 1 heterocycles. The zero-order chi connectivity index (χ0) is 14.5. The lowest BCUT2D eigenvalue weighted by atomic mass is 10.1. The minimum atomic E-state index is -1.07. The van der Waals surface area contributed by atoms with Crippen molar-refractivity contribution in [2.24, 2.45) is 4.99 Å². The van der Waals surface area contributed by atoms with Crippen LogP contribution in [0.5, 0.6) is 11.5 Å². The molecule has 20 heavy (non-hydrogen) atoms. The van der Waals surface area contributed by atoms with Gasteiger partial charge in [0.1, 0.15) is 11.5 Å². The second kappa shape index (κ2) is 5.87. The zero-order valence-electron chi connectivity index (χ0n) is 10.4. The molecule has 0 radical (unpaired) electrons. The van der Waals surface area contributed by atoms with Crippen LogP contribution in [0.3, 0.4) is 0 Å². The van der Waals surface area contributed by atoms with Crippen LogP contribution >= 0.6 is 0 Å². The molecule has 0 aliphatic heterocycles. The van der Waals surface area contributed by atoms with Gasteiger partial charge in [-0.25, -0.2) is 9.78 Å². The fraction of sp³-hybridized carbons (Fsp3) is 0.154. The largest absolute Gasteiger partial charge is 0.508 e. The molecule has 2 rings (SSSR count).